The standard InChI is InChI=1S/C17H30BClO2/c1-6-7-9-12-15(13-10-8-11-14-19)18-20-16(2,3)17(4,5)21-18/h10,12-13H,6-9,11,14H2,1-5H3/b13-10+,15-12-. The summed E-state index contributed by atoms with van der Waals surface area (Å²) in [5.74, 6) is 0.704. The van der Waals surface area contributed by atoms with Crippen molar-refractivity contribution in [2.45, 2.75) is 77.9 Å². The summed E-state index contributed by atoms with van der Waals surface area (Å²) in [4.78, 5) is 0. The molecule has 1 fully saturated rings. The maximum Gasteiger partial charge on any atom is 0.494 e. The summed E-state index contributed by atoms with van der Waals surface area (Å²) >= 11 is 5.72. The van der Waals surface area contributed by atoms with Gasteiger partial charge in [-0.2, -0.15) is 0 Å². The van der Waals surface area contributed by atoms with Crippen LogP contribution in [0, 0.1) is 0 Å². The van der Waals surface area contributed by atoms with Gasteiger partial charge in [0.15, 0.2) is 0 Å². The van der Waals surface area contributed by atoms with Crippen molar-refractivity contribution in [1.82, 2.24) is 0 Å². The molecule has 0 radical (unpaired) electrons. The zero-order chi connectivity index (χ0) is 15.9. The zero-order valence-electron chi connectivity index (χ0n) is 14.2. The summed E-state index contributed by atoms with van der Waals surface area (Å²) < 4.78 is 12.3. The summed E-state index contributed by atoms with van der Waals surface area (Å²) in [5.41, 5.74) is 0.563. The Labute approximate surface area is 136 Å². The van der Waals surface area contributed by atoms with E-state index in [0.717, 1.165) is 24.7 Å². The minimum atomic E-state index is -0.286. The lowest BCUT2D eigenvalue weighted by Crippen LogP contribution is -2.41. The van der Waals surface area contributed by atoms with Gasteiger partial charge >= 0.3 is 7.12 Å². The Bertz CT molecular complexity index is 359. The first-order valence-electron chi connectivity index (χ1n) is 8.12. The van der Waals surface area contributed by atoms with Gasteiger partial charge in [-0.15, -0.1) is 11.6 Å². The van der Waals surface area contributed by atoms with Gasteiger partial charge < -0.3 is 9.31 Å². The molecule has 0 atom stereocenters. The van der Waals surface area contributed by atoms with Crippen LogP contribution in [0.5, 0.6) is 0 Å². The Morgan fingerprint density at radius 2 is 1.67 bits per heavy atom. The lowest BCUT2D eigenvalue weighted by molar-refractivity contribution is 0.00578. The highest BCUT2D eigenvalue weighted by Gasteiger charge is 2.51. The third-order valence-corrected chi connectivity index (χ3v) is 4.55. The van der Waals surface area contributed by atoms with Gasteiger partial charge in [-0.3, -0.25) is 0 Å². The SMILES string of the molecule is CCCC/C=C(/C=C/CCCCl)B1OC(C)(C)C(C)(C)O1. The van der Waals surface area contributed by atoms with Crippen LogP contribution in [0.3, 0.4) is 0 Å². The first kappa shape index (κ1) is 18.8. The number of hydrogen-bond acceptors (Lipinski definition) is 2. The maximum atomic E-state index is 6.15. The first-order valence-corrected chi connectivity index (χ1v) is 8.65. The molecule has 0 aromatic rings. The predicted molar refractivity (Wildman–Crippen MR) is 92.8 cm³/mol. The molecule has 1 aliphatic rings. The second-order valence-electron chi connectivity index (χ2n) is 6.67. The van der Waals surface area contributed by atoms with E-state index >= 15 is 0 Å². The Hall–Kier alpha value is -0.245. The van der Waals surface area contributed by atoms with E-state index < -0.39 is 0 Å². The molecule has 120 valence electrons. The van der Waals surface area contributed by atoms with Crippen molar-refractivity contribution in [2.75, 3.05) is 5.88 Å². The fourth-order valence-corrected chi connectivity index (χ4v) is 2.26. The van der Waals surface area contributed by atoms with Gasteiger partial charge in [0.1, 0.15) is 0 Å². The number of rotatable bonds is 8. The number of allylic oxidation sites excluding steroid dienone is 4. The smallest absolute Gasteiger partial charge is 0.399 e. The molecule has 1 heterocycles. The molecule has 0 saturated carbocycles. The molecule has 2 nitrogen and oxygen atoms in total. The monoisotopic (exact) mass is 312 g/mol. The molecule has 1 aliphatic heterocycles. The van der Waals surface area contributed by atoms with Gasteiger partial charge in [0, 0.05) is 5.88 Å². The summed E-state index contributed by atoms with van der Waals surface area (Å²) in [6.07, 6.45) is 12.0. The van der Waals surface area contributed by atoms with Crippen LogP contribution in [0.1, 0.15) is 66.7 Å². The van der Waals surface area contributed by atoms with Gasteiger partial charge in [-0.25, -0.2) is 0 Å². The van der Waals surface area contributed by atoms with Crippen molar-refractivity contribution in [1.29, 1.82) is 0 Å². The molecule has 0 amide bonds. The average molecular weight is 313 g/mol. The molecule has 0 bridgehead atoms. The fourth-order valence-electron chi connectivity index (χ4n) is 2.11. The Morgan fingerprint density at radius 1 is 1.05 bits per heavy atom. The van der Waals surface area contributed by atoms with Crippen molar-refractivity contribution in [3.8, 4) is 0 Å². The highest BCUT2D eigenvalue weighted by atomic mass is 35.5. The van der Waals surface area contributed by atoms with Crippen LogP contribution in [0.15, 0.2) is 23.7 Å². The molecule has 0 aliphatic carbocycles. The Kier molecular flexibility index (Phi) is 7.52. The number of unbranched alkanes of at least 4 members (excludes halogenated alkanes) is 3. The highest BCUT2D eigenvalue weighted by molar-refractivity contribution is 6.55. The predicted octanol–water partition coefficient (Wildman–Crippen LogP) is 5.31. The third kappa shape index (κ3) is 5.47. The summed E-state index contributed by atoms with van der Waals surface area (Å²) in [6.45, 7) is 10.6. The molecule has 0 unspecified atom stereocenters. The van der Waals surface area contributed by atoms with E-state index in [2.05, 4.69) is 52.8 Å². The first-order chi connectivity index (χ1) is 9.84. The van der Waals surface area contributed by atoms with Crippen molar-refractivity contribution in [2.24, 2.45) is 0 Å². The van der Waals surface area contributed by atoms with Crippen LogP contribution in [-0.4, -0.2) is 24.2 Å². The van der Waals surface area contributed by atoms with Gasteiger partial charge in [-0.05, 0) is 52.4 Å². The van der Waals surface area contributed by atoms with Gasteiger partial charge in [0.2, 0.25) is 0 Å². The second-order valence-corrected chi connectivity index (χ2v) is 7.05. The molecule has 0 aromatic heterocycles. The van der Waals surface area contributed by atoms with Crippen LogP contribution in [0.25, 0.3) is 0 Å². The van der Waals surface area contributed by atoms with Crippen molar-refractivity contribution in [3.05, 3.63) is 23.7 Å². The average Bonchev–Trinajstić information content (AvgIpc) is 2.61. The summed E-state index contributed by atoms with van der Waals surface area (Å²) in [7, 11) is -0.265. The van der Waals surface area contributed by atoms with Crippen LogP contribution in [0.4, 0.5) is 0 Å². The molecule has 1 rings (SSSR count). The van der Waals surface area contributed by atoms with E-state index in [1.807, 2.05) is 0 Å². The van der Waals surface area contributed by atoms with Gasteiger partial charge in [-0.1, -0.05) is 38.0 Å². The lowest BCUT2D eigenvalue weighted by Gasteiger charge is -2.32. The van der Waals surface area contributed by atoms with Gasteiger partial charge in [0.05, 0.1) is 11.2 Å². The summed E-state index contributed by atoms with van der Waals surface area (Å²) in [6, 6.07) is 0. The fraction of sp³-hybridized carbons (Fsp3) is 0.765. The number of hydrogen-bond donors (Lipinski definition) is 0. The molecule has 4 heteroatoms. The normalized spacial score (nSPS) is 21.4. The Balaban J connectivity index is 2.78. The van der Waals surface area contributed by atoms with E-state index in [-0.39, 0.29) is 18.3 Å². The minimum absolute atomic E-state index is 0.265. The molecule has 0 aromatic carbocycles. The topological polar surface area (TPSA) is 18.5 Å². The van der Waals surface area contributed by atoms with Crippen LogP contribution < -0.4 is 0 Å². The maximum absolute atomic E-state index is 6.15. The van der Waals surface area contributed by atoms with Crippen molar-refractivity contribution < 1.29 is 9.31 Å². The third-order valence-electron chi connectivity index (χ3n) is 4.28. The molecule has 1 saturated heterocycles. The lowest BCUT2D eigenvalue weighted by atomic mass is 9.77. The quantitative estimate of drug-likeness (QED) is 0.262. The Morgan fingerprint density at radius 3 is 2.19 bits per heavy atom. The van der Waals surface area contributed by atoms with Crippen LogP contribution in [0.2, 0.25) is 0 Å². The van der Waals surface area contributed by atoms with E-state index in [9.17, 15) is 0 Å². The molecule has 0 spiro atoms. The number of halogens is 1. The van der Waals surface area contributed by atoms with Crippen molar-refractivity contribution >= 4 is 18.7 Å². The molecular formula is C17H30BClO2. The molecular weight excluding hydrogens is 282 g/mol. The van der Waals surface area contributed by atoms with Crippen LogP contribution in [-0.2, 0) is 9.31 Å². The van der Waals surface area contributed by atoms with E-state index in [4.69, 9.17) is 20.9 Å². The van der Waals surface area contributed by atoms with E-state index in [1.54, 1.807) is 0 Å². The second kappa shape index (κ2) is 8.40. The van der Waals surface area contributed by atoms with E-state index in [0.29, 0.717) is 5.88 Å². The summed E-state index contributed by atoms with van der Waals surface area (Å²) in [5, 5.41) is 0. The zero-order valence-corrected chi connectivity index (χ0v) is 15.0. The molecule has 0 N–H and O–H groups in total. The highest BCUT2D eigenvalue weighted by Crippen LogP contribution is 2.38. The van der Waals surface area contributed by atoms with E-state index in [1.165, 1.54) is 12.8 Å². The van der Waals surface area contributed by atoms with Gasteiger partial charge in [0.25, 0.3) is 0 Å². The minimum Gasteiger partial charge on any atom is -0.399 e. The largest absolute Gasteiger partial charge is 0.494 e. The molecule has 21 heavy (non-hydrogen) atoms. The number of alkyl halides is 1. The van der Waals surface area contributed by atoms with Crippen molar-refractivity contribution in [3.63, 3.8) is 0 Å². The van der Waals surface area contributed by atoms with Crippen LogP contribution >= 0.6 is 11.6 Å².